The minimum atomic E-state index is -10.7. The van der Waals surface area contributed by atoms with Gasteiger partial charge in [-0.05, 0) is 48.5 Å². The molecule has 13 heteroatoms. The molecule has 1 aromatic carbocycles. The molecule has 5 nitrogen and oxygen atoms in total. The summed E-state index contributed by atoms with van der Waals surface area (Å²) < 4.78 is 59.2. The summed E-state index contributed by atoms with van der Waals surface area (Å²) in [5.74, 6) is 0. The maximum Gasteiger partial charge on any atom is 0.0894 e. The van der Waals surface area contributed by atoms with E-state index in [0.717, 1.165) is 34.0 Å². The van der Waals surface area contributed by atoms with Crippen molar-refractivity contribution >= 4 is 7.81 Å². The van der Waals surface area contributed by atoms with Crippen LogP contribution in [0.2, 0.25) is 0 Å². The number of hydrogen-bond acceptors (Lipinski definition) is 5. The summed E-state index contributed by atoms with van der Waals surface area (Å²) in [6, 6.07) is 35.3. The molecule has 0 aliphatic heterocycles. The van der Waals surface area contributed by atoms with Crippen LogP contribution in [0, 0.1) is 11.3 Å². The van der Waals surface area contributed by atoms with Crippen molar-refractivity contribution in [2.45, 2.75) is 6.92 Å². The first kappa shape index (κ1) is 35.0. The number of benzene rings is 1. The minimum Gasteiger partial charge on any atom is -0.256 e. The summed E-state index contributed by atoms with van der Waals surface area (Å²) in [7, 11) is -10.7. The molecule has 0 aliphatic rings. The number of nitrogens with zero attached hydrogens (tertiary/aromatic N) is 5. The summed E-state index contributed by atoms with van der Waals surface area (Å²) in [4.78, 5) is 17.4. The van der Waals surface area contributed by atoms with E-state index in [1.54, 1.807) is 18.5 Å². The molecule has 0 radical (unpaired) electrons. The second-order valence-electron chi connectivity index (χ2n) is 7.60. The Balaban J connectivity index is 0.000000317. The van der Waals surface area contributed by atoms with Gasteiger partial charge in [0.05, 0.1) is 34.5 Å². The second kappa shape index (κ2) is 15.1. The van der Waals surface area contributed by atoms with Crippen LogP contribution in [0.3, 0.4) is 0 Å². The molecule has 4 heterocycles. The van der Waals surface area contributed by atoms with E-state index in [0.29, 0.717) is 0 Å². The molecule has 0 saturated heterocycles. The van der Waals surface area contributed by atoms with Gasteiger partial charge >= 0.3 is 33.0 Å². The standard InChI is InChI=1S/C15H11N3.C11H9N.C2H3N.F6P.Os/c1-3-10-16-12(6-1)14-8-5-9-15(18-14)13-7-2-4-11-17-13;1-2-6-10(7-3-1)11-8-4-5-9-12-11;1-2-3;1-7(2,3,4,5)6;/h1-11H;1-9H;1H3;;/q;;;-1;. The van der Waals surface area contributed by atoms with Crippen LogP contribution < -0.4 is 0 Å². The van der Waals surface area contributed by atoms with Gasteiger partial charge in [0.25, 0.3) is 0 Å². The fourth-order valence-corrected chi connectivity index (χ4v) is 2.89. The first-order valence-electron chi connectivity index (χ1n) is 11.4. The first-order valence-corrected chi connectivity index (χ1v) is 13.4. The SMILES string of the molecule is CC#N.F[P-](F)(F)(F)(F)F.[Os].c1ccc(-c2cccc(-c3ccccn3)n2)nc1.c1ccc(-c2ccccn2)cc1. The molecular formula is C28H23F6N5OsP-. The molecule has 41 heavy (non-hydrogen) atoms. The average Bonchev–Trinajstić information content (AvgIpc) is 2.94. The van der Waals surface area contributed by atoms with Gasteiger partial charge in [-0.2, -0.15) is 5.26 Å². The zero-order valence-electron chi connectivity index (χ0n) is 21.4. The van der Waals surface area contributed by atoms with Crippen molar-refractivity contribution in [3.8, 4) is 40.1 Å². The monoisotopic (exact) mass is 766 g/mol. The van der Waals surface area contributed by atoms with Gasteiger partial charge in [0, 0.05) is 50.9 Å². The van der Waals surface area contributed by atoms with E-state index in [1.165, 1.54) is 6.92 Å². The molecule has 0 atom stereocenters. The molecule has 4 aromatic heterocycles. The topological polar surface area (TPSA) is 75.3 Å². The van der Waals surface area contributed by atoms with Crippen molar-refractivity contribution in [3.05, 3.63) is 122 Å². The van der Waals surface area contributed by atoms with Crippen LogP contribution in [0.1, 0.15) is 6.92 Å². The van der Waals surface area contributed by atoms with Crippen molar-refractivity contribution < 1.29 is 45.0 Å². The second-order valence-corrected chi connectivity index (χ2v) is 9.52. The van der Waals surface area contributed by atoms with Crippen molar-refractivity contribution in [1.29, 1.82) is 5.26 Å². The molecule has 0 saturated carbocycles. The van der Waals surface area contributed by atoms with Gasteiger partial charge in [-0.3, -0.25) is 15.0 Å². The number of pyridine rings is 4. The fraction of sp³-hybridized carbons (Fsp3) is 0.0357. The van der Waals surface area contributed by atoms with E-state index in [4.69, 9.17) is 5.26 Å². The van der Waals surface area contributed by atoms with Crippen LogP contribution in [-0.4, -0.2) is 19.9 Å². The maximum absolute atomic E-state index is 10.7. The summed E-state index contributed by atoms with van der Waals surface area (Å²) in [5, 5.41) is 7.32. The molecule has 0 aliphatic carbocycles. The Morgan fingerprint density at radius 2 is 0.829 bits per heavy atom. The van der Waals surface area contributed by atoms with Crippen molar-refractivity contribution in [2.24, 2.45) is 0 Å². The third-order valence-electron chi connectivity index (χ3n) is 4.34. The van der Waals surface area contributed by atoms with Gasteiger partial charge in [0.1, 0.15) is 0 Å². The molecule has 0 bridgehead atoms. The zero-order chi connectivity index (χ0) is 29.6. The van der Waals surface area contributed by atoms with Gasteiger partial charge in [-0.1, -0.05) is 54.6 Å². The van der Waals surface area contributed by atoms with Crippen molar-refractivity contribution in [2.75, 3.05) is 0 Å². The van der Waals surface area contributed by atoms with Crippen LogP contribution in [-0.2, 0) is 19.8 Å². The van der Waals surface area contributed by atoms with Crippen LogP contribution in [0.4, 0.5) is 25.2 Å². The van der Waals surface area contributed by atoms with E-state index in [1.807, 2.05) is 97.2 Å². The normalized spacial score (nSPS) is 11.5. The molecule has 0 fully saturated rings. The fourth-order valence-electron chi connectivity index (χ4n) is 2.89. The Hall–Kier alpha value is -4.04. The number of nitriles is 1. The van der Waals surface area contributed by atoms with Gasteiger partial charge in [0.15, 0.2) is 0 Å². The summed E-state index contributed by atoms with van der Waals surface area (Å²) in [5.41, 5.74) is 5.65. The van der Waals surface area contributed by atoms with Crippen LogP contribution in [0.25, 0.3) is 34.0 Å². The quantitative estimate of drug-likeness (QED) is 0.135. The van der Waals surface area contributed by atoms with E-state index in [-0.39, 0.29) is 19.8 Å². The smallest absolute Gasteiger partial charge is 0.0894 e. The summed E-state index contributed by atoms with van der Waals surface area (Å²) in [6.07, 6.45) is 5.34. The summed E-state index contributed by atoms with van der Waals surface area (Å²) in [6.45, 7) is 1.43. The maximum atomic E-state index is 9.87. The largest absolute Gasteiger partial charge is 0.256 e. The van der Waals surface area contributed by atoms with Crippen LogP contribution in [0.5, 0.6) is 0 Å². The van der Waals surface area contributed by atoms with Gasteiger partial charge in [-0.25, -0.2) is 4.98 Å². The minimum absolute atomic E-state index is 0. The number of aromatic nitrogens is 4. The number of halogens is 6. The third-order valence-corrected chi connectivity index (χ3v) is 4.34. The number of rotatable bonds is 3. The van der Waals surface area contributed by atoms with Gasteiger partial charge in [-0.15, -0.1) is 0 Å². The Bertz CT molecular complexity index is 1390. The average molecular weight is 765 g/mol. The predicted molar refractivity (Wildman–Crippen MR) is 145 cm³/mol. The molecule has 0 spiro atoms. The first-order chi connectivity index (χ1) is 18.8. The molecule has 0 N–H and O–H groups in total. The molecule has 216 valence electrons. The predicted octanol–water partition coefficient (Wildman–Crippen LogP) is 9.86. The van der Waals surface area contributed by atoms with E-state index in [9.17, 15) is 25.2 Å². The third kappa shape index (κ3) is 16.6. The van der Waals surface area contributed by atoms with Crippen molar-refractivity contribution in [3.63, 3.8) is 0 Å². The van der Waals surface area contributed by atoms with Crippen LogP contribution in [0.15, 0.2) is 122 Å². The van der Waals surface area contributed by atoms with Crippen molar-refractivity contribution in [1.82, 2.24) is 19.9 Å². The molecular weight excluding hydrogens is 742 g/mol. The number of hydrogen-bond donors (Lipinski definition) is 0. The summed E-state index contributed by atoms with van der Waals surface area (Å²) >= 11 is 0. The zero-order valence-corrected chi connectivity index (χ0v) is 24.8. The van der Waals surface area contributed by atoms with Gasteiger partial charge < -0.3 is 0 Å². The van der Waals surface area contributed by atoms with Crippen LogP contribution >= 0.6 is 7.81 Å². The molecule has 5 aromatic rings. The van der Waals surface area contributed by atoms with Gasteiger partial charge in [0.2, 0.25) is 0 Å². The van der Waals surface area contributed by atoms with E-state index < -0.39 is 7.81 Å². The Labute approximate surface area is 246 Å². The van der Waals surface area contributed by atoms with E-state index in [2.05, 4.69) is 32.1 Å². The Morgan fingerprint density at radius 1 is 0.512 bits per heavy atom. The molecule has 5 rings (SSSR count). The Morgan fingerprint density at radius 3 is 1.17 bits per heavy atom. The Kier molecular flexibility index (Phi) is 12.9. The molecule has 0 unspecified atom stereocenters. The van der Waals surface area contributed by atoms with E-state index >= 15 is 0 Å². The molecule has 0 amide bonds.